The summed E-state index contributed by atoms with van der Waals surface area (Å²) in [6.45, 7) is 0.477. The van der Waals surface area contributed by atoms with Crippen LogP contribution in [0.3, 0.4) is 0 Å². The lowest BCUT2D eigenvalue weighted by Gasteiger charge is -2.35. The van der Waals surface area contributed by atoms with Crippen molar-refractivity contribution in [1.29, 1.82) is 0 Å². The van der Waals surface area contributed by atoms with Crippen molar-refractivity contribution in [3.05, 3.63) is 70.2 Å². The lowest BCUT2D eigenvalue weighted by Crippen LogP contribution is -2.46. The van der Waals surface area contributed by atoms with Gasteiger partial charge in [-0.05, 0) is 41.3 Å². The van der Waals surface area contributed by atoms with Gasteiger partial charge in [-0.15, -0.1) is 0 Å². The minimum absolute atomic E-state index is 0.116. The molecule has 0 saturated heterocycles. The second-order valence-electron chi connectivity index (χ2n) is 5.57. The molecule has 23 heavy (non-hydrogen) atoms. The van der Waals surface area contributed by atoms with Crippen LogP contribution in [0.15, 0.2) is 42.5 Å². The Balaban J connectivity index is 1.85. The maximum atomic E-state index is 12.7. The summed E-state index contributed by atoms with van der Waals surface area (Å²) in [5.41, 5.74) is 8.24. The van der Waals surface area contributed by atoms with Crippen LogP contribution < -0.4 is 5.73 Å². The Bertz CT molecular complexity index is 743. The van der Waals surface area contributed by atoms with Gasteiger partial charge in [0.15, 0.2) is 0 Å². The van der Waals surface area contributed by atoms with Gasteiger partial charge in [-0.25, -0.2) is 0 Å². The summed E-state index contributed by atoms with van der Waals surface area (Å²) in [5, 5.41) is 0.624. The second-order valence-corrected chi connectivity index (χ2v) is 6.01. The van der Waals surface area contributed by atoms with Crippen LogP contribution in [0, 0.1) is 6.07 Å². The smallest absolute Gasteiger partial charge is 0.244 e. The van der Waals surface area contributed by atoms with E-state index < -0.39 is 11.9 Å². The van der Waals surface area contributed by atoms with Crippen molar-refractivity contribution in [2.24, 2.45) is 5.73 Å². The molecule has 1 unspecified atom stereocenters. The third-order valence-electron chi connectivity index (χ3n) is 4.07. The van der Waals surface area contributed by atoms with Gasteiger partial charge in [0.2, 0.25) is 11.8 Å². The molecule has 0 aromatic heterocycles. The number of amides is 2. The summed E-state index contributed by atoms with van der Waals surface area (Å²) in [7, 11) is 0. The molecule has 4 nitrogen and oxygen atoms in total. The minimum atomic E-state index is -0.715. The van der Waals surface area contributed by atoms with Crippen LogP contribution in [0.5, 0.6) is 0 Å². The summed E-state index contributed by atoms with van der Waals surface area (Å²) in [5.74, 6) is -0.629. The van der Waals surface area contributed by atoms with Gasteiger partial charge >= 0.3 is 0 Å². The van der Waals surface area contributed by atoms with Crippen molar-refractivity contribution in [3.8, 4) is 0 Å². The van der Waals surface area contributed by atoms with E-state index in [-0.39, 0.29) is 12.3 Å². The molecule has 1 heterocycles. The number of benzene rings is 2. The van der Waals surface area contributed by atoms with Crippen LogP contribution in [0.1, 0.15) is 22.7 Å². The van der Waals surface area contributed by atoms with E-state index in [2.05, 4.69) is 6.07 Å². The van der Waals surface area contributed by atoms with Gasteiger partial charge in [0, 0.05) is 11.6 Å². The first-order valence-corrected chi connectivity index (χ1v) is 7.76. The van der Waals surface area contributed by atoms with Crippen molar-refractivity contribution in [1.82, 2.24) is 4.90 Å². The van der Waals surface area contributed by atoms with Crippen LogP contribution in [-0.2, 0) is 22.4 Å². The Kier molecular flexibility index (Phi) is 4.35. The van der Waals surface area contributed by atoms with Crippen LogP contribution in [0.25, 0.3) is 0 Å². The fourth-order valence-corrected chi connectivity index (χ4v) is 3.08. The predicted octanol–water partition coefficient (Wildman–Crippen LogP) is 2.29. The number of rotatable bonds is 3. The number of primary amides is 1. The molecule has 2 aromatic rings. The molecule has 1 aliphatic rings. The average molecular weight is 328 g/mol. The predicted molar refractivity (Wildman–Crippen MR) is 87.8 cm³/mol. The van der Waals surface area contributed by atoms with E-state index in [9.17, 15) is 9.59 Å². The molecule has 2 aromatic carbocycles. The minimum Gasteiger partial charge on any atom is -0.368 e. The largest absolute Gasteiger partial charge is 0.368 e. The fourth-order valence-electron chi connectivity index (χ4n) is 2.95. The van der Waals surface area contributed by atoms with Gasteiger partial charge < -0.3 is 10.6 Å². The van der Waals surface area contributed by atoms with Crippen molar-refractivity contribution in [2.75, 3.05) is 6.54 Å². The molecule has 3 rings (SSSR count). The number of hydrogen-bond donors (Lipinski definition) is 1. The van der Waals surface area contributed by atoms with Crippen LogP contribution in [0.4, 0.5) is 0 Å². The maximum absolute atomic E-state index is 12.7. The zero-order chi connectivity index (χ0) is 16.4. The highest BCUT2D eigenvalue weighted by atomic mass is 35.5. The van der Waals surface area contributed by atoms with Crippen molar-refractivity contribution in [3.63, 3.8) is 0 Å². The first-order chi connectivity index (χ1) is 11.1. The van der Waals surface area contributed by atoms with E-state index in [1.165, 1.54) is 0 Å². The Morgan fingerprint density at radius 1 is 1.26 bits per heavy atom. The molecule has 2 N–H and O–H groups in total. The van der Waals surface area contributed by atoms with E-state index in [4.69, 9.17) is 17.3 Å². The first kappa shape index (κ1) is 15.6. The van der Waals surface area contributed by atoms with Crippen LogP contribution >= 0.6 is 11.6 Å². The van der Waals surface area contributed by atoms with Crippen molar-refractivity contribution >= 4 is 23.4 Å². The van der Waals surface area contributed by atoms with E-state index >= 15 is 0 Å². The molecule has 117 valence electrons. The molecule has 0 fully saturated rings. The molecule has 0 spiro atoms. The highest BCUT2D eigenvalue weighted by Crippen LogP contribution is 2.30. The summed E-state index contributed by atoms with van der Waals surface area (Å²) in [6, 6.07) is 14.8. The zero-order valence-electron chi connectivity index (χ0n) is 12.5. The maximum Gasteiger partial charge on any atom is 0.244 e. The average Bonchev–Trinajstić information content (AvgIpc) is 2.55. The summed E-state index contributed by atoms with van der Waals surface area (Å²) in [6.07, 6.45) is 0.915. The summed E-state index contributed by atoms with van der Waals surface area (Å²) >= 11 is 5.86. The van der Waals surface area contributed by atoms with Crippen molar-refractivity contribution in [2.45, 2.75) is 18.9 Å². The number of carbonyl (C=O) groups is 2. The lowest BCUT2D eigenvalue weighted by molar-refractivity contribution is -0.139. The SMILES string of the molecule is NC(=O)C1c2cc[c]cc2CCN1C(=O)Cc1ccc(Cl)cc1. The Hall–Kier alpha value is -2.33. The van der Waals surface area contributed by atoms with E-state index in [1.54, 1.807) is 23.1 Å². The van der Waals surface area contributed by atoms with Gasteiger partial charge in [0.1, 0.15) is 6.04 Å². The fraction of sp³-hybridized carbons (Fsp3) is 0.222. The molecular formula is C18H16ClN2O2. The van der Waals surface area contributed by atoms with Crippen LogP contribution in [-0.4, -0.2) is 23.3 Å². The number of halogens is 1. The number of nitrogens with zero attached hydrogens (tertiary/aromatic N) is 1. The van der Waals surface area contributed by atoms with Gasteiger partial charge in [0.05, 0.1) is 6.42 Å². The third-order valence-corrected chi connectivity index (χ3v) is 4.33. The quantitative estimate of drug-likeness (QED) is 0.940. The second kappa shape index (κ2) is 6.42. The summed E-state index contributed by atoms with van der Waals surface area (Å²) in [4.78, 5) is 26.2. The van der Waals surface area contributed by atoms with Gasteiger partial charge in [-0.3, -0.25) is 9.59 Å². The van der Waals surface area contributed by atoms with E-state index in [0.717, 1.165) is 16.7 Å². The zero-order valence-corrected chi connectivity index (χ0v) is 13.2. The van der Waals surface area contributed by atoms with Gasteiger partial charge in [0.25, 0.3) is 0 Å². The monoisotopic (exact) mass is 327 g/mol. The molecule has 0 saturated carbocycles. The number of fused-ring (bicyclic) bond motifs is 1. The number of carbonyl (C=O) groups excluding carboxylic acids is 2. The molecule has 2 amide bonds. The molecule has 0 aliphatic carbocycles. The molecular weight excluding hydrogens is 312 g/mol. The Morgan fingerprint density at radius 3 is 2.70 bits per heavy atom. The molecule has 1 aliphatic heterocycles. The Morgan fingerprint density at radius 2 is 2.00 bits per heavy atom. The van der Waals surface area contributed by atoms with Crippen molar-refractivity contribution < 1.29 is 9.59 Å². The van der Waals surface area contributed by atoms with Gasteiger partial charge in [-0.2, -0.15) is 0 Å². The van der Waals surface area contributed by atoms with E-state index in [1.807, 2.05) is 24.3 Å². The molecule has 5 heteroatoms. The highest BCUT2D eigenvalue weighted by Gasteiger charge is 2.34. The molecule has 0 bridgehead atoms. The summed E-state index contributed by atoms with van der Waals surface area (Å²) < 4.78 is 0. The molecule has 1 atom stereocenters. The molecule has 1 radical (unpaired) electrons. The van der Waals surface area contributed by atoms with Crippen LogP contribution in [0.2, 0.25) is 5.02 Å². The Labute approximate surface area is 139 Å². The van der Waals surface area contributed by atoms with E-state index in [0.29, 0.717) is 18.0 Å². The first-order valence-electron chi connectivity index (χ1n) is 7.38. The standard InChI is InChI=1S/C18H16ClN2O2/c19-14-7-5-12(6-8-14)11-16(22)21-10-9-13-3-1-2-4-15(13)17(21)18(20)23/h2-8,17H,9-11H2,(H2,20,23). The number of hydrogen-bond acceptors (Lipinski definition) is 2. The van der Waals surface area contributed by atoms with Gasteiger partial charge in [-0.1, -0.05) is 41.9 Å². The topological polar surface area (TPSA) is 63.4 Å². The third kappa shape index (κ3) is 3.22. The number of nitrogens with two attached hydrogens (primary N) is 1. The normalized spacial score (nSPS) is 16.7. The lowest BCUT2D eigenvalue weighted by atomic mass is 9.91. The highest BCUT2D eigenvalue weighted by molar-refractivity contribution is 6.30.